The average molecular weight is 292 g/mol. The summed E-state index contributed by atoms with van der Waals surface area (Å²) in [5.74, 6) is -0.850. The van der Waals surface area contributed by atoms with Gasteiger partial charge in [-0.3, -0.25) is 14.9 Å². The topological polar surface area (TPSA) is 112 Å². The minimum atomic E-state index is -0.741. The fraction of sp³-hybridized carbons (Fsp3) is 0.385. The van der Waals surface area contributed by atoms with Gasteiger partial charge in [0.2, 0.25) is 0 Å². The molecule has 1 amide bonds. The monoisotopic (exact) mass is 292 g/mol. The lowest BCUT2D eigenvalue weighted by Gasteiger charge is -2.09. The Morgan fingerprint density at radius 2 is 2.14 bits per heavy atom. The molecule has 0 unspecified atom stereocenters. The lowest BCUT2D eigenvalue weighted by atomic mass is 10.2. The second-order valence-electron chi connectivity index (χ2n) is 4.91. The number of rotatable bonds is 5. The molecule has 0 spiro atoms. The second kappa shape index (κ2) is 6.80. The molecule has 0 radical (unpaired) electrons. The zero-order valence-electron chi connectivity index (χ0n) is 11.4. The maximum absolute atomic E-state index is 11.6. The number of nitro groups is 1. The summed E-state index contributed by atoms with van der Waals surface area (Å²) in [4.78, 5) is 22.7. The number of likely N-dealkylation sites (tertiary alicyclic amines) is 1. The highest BCUT2D eigenvalue weighted by molar-refractivity contribution is 5.83. The molecule has 8 heteroatoms. The van der Waals surface area contributed by atoms with Crippen molar-refractivity contribution in [3.05, 3.63) is 33.9 Å². The van der Waals surface area contributed by atoms with Gasteiger partial charge in [0.25, 0.3) is 11.6 Å². The van der Waals surface area contributed by atoms with Crippen LogP contribution in [0, 0.1) is 10.1 Å². The molecular weight excluding hydrogens is 276 g/mol. The predicted molar refractivity (Wildman–Crippen MR) is 73.1 cm³/mol. The number of hydrogen-bond donors (Lipinski definition) is 2. The third kappa shape index (κ3) is 4.25. The van der Waals surface area contributed by atoms with E-state index in [-0.39, 0.29) is 5.91 Å². The Labute approximate surface area is 121 Å². The van der Waals surface area contributed by atoms with Crippen LogP contribution in [0.5, 0.6) is 5.75 Å². The Balaban J connectivity index is 1.90. The zero-order valence-corrected chi connectivity index (χ0v) is 11.4. The Morgan fingerprint density at radius 1 is 1.43 bits per heavy atom. The van der Waals surface area contributed by atoms with E-state index in [1.165, 1.54) is 17.2 Å². The van der Waals surface area contributed by atoms with Crippen LogP contribution >= 0.6 is 0 Å². The van der Waals surface area contributed by atoms with Crippen LogP contribution in [0.1, 0.15) is 18.4 Å². The molecule has 112 valence electrons. The minimum Gasteiger partial charge on any atom is -0.868 e. The molecular formula is C13H16N4O4. The molecule has 0 saturated carbocycles. The van der Waals surface area contributed by atoms with Gasteiger partial charge < -0.3 is 10.0 Å². The lowest BCUT2D eigenvalue weighted by Crippen LogP contribution is -3.11. The van der Waals surface area contributed by atoms with Gasteiger partial charge in [0.05, 0.1) is 24.2 Å². The number of carbonyl (C=O) groups is 1. The Morgan fingerprint density at radius 3 is 2.81 bits per heavy atom. The molecule has 1 fully saturated rings. The molecule has 0 aliphatic carbocycles. The summed E-state index contributed by atoms with van der Waals surface area (Å²) in [6, 6.07) is 3.65. The molecule has 0 aromatic heterocycles. The van der Waals surface area contributed by atoms with Crippen molar-refractivity contribution in [2.24, 2.45) is 5.10 Å². The number of benzene rings is 1. The number of hydrogen-bond acceptors (Lipinski definition) is 5. The summed E-state index contributed by atoms with van der Waals surface area (Å²) in [7, 11) is 0. The SMILES string of the molecule is O=C(C[NH+]1CCCC1)N/N=C\c1ccc([O-])c([N+](=O)[O-])c1. The van der Waals surface area contributed by atoms with Crippen LogP contribution in [0.4, 0.5) is 5.69 Å². The van der Waals surface area contributed by atoms with Crippen molar-refractivity contribution < 1.29 is 19.7 Å². The third-order valence-electron chi connectivity index (χ3n) is 3.30. The second-order valence-corrected chi connectivity index (χ2v) is 4.91. The van der Waals surface area contributed by atoms with Gasteiger partial charge in [-0.05, 0) is 5.75 Å². The van der Waals surface area contributed by atoms with Gasteiger partial charge in [0, 0.05) is 24.5 Å². The normalized spacial score (nSPS) is 15.4. The van der Waals surface area contributed by atoms with Crippen LogP contribution in [0.15, 0.2) is 23.3 Å². The minimum absolute atomic E-state index is 0.196. The Hall–Kier alpha value is -2.48. The van der Waals surface area contributed by atoms with Crippen LogP contribution < -0.4 is 15.4 Å². The summed E-state index contributed by atoms with van der Waals surface area (Å²) in [5, 5.41) is 25.6. The molecule has 8 nitrogen and oxygen atoms in total. The van der Waals surface area contributed by atoms with Crippen LogP contribution in [-0.2, 0) is 4.79 Å². The lowest BCUT2D eigenvalue weighted by molar-refractivity contribution is -0.879. The zero-order chi connectivity index (χ0) is 15.2. The summed E-state index contributed by atoms with van der Waals surface area (Å²) in [5.41, 5.74) is 2.26. The van der Waals surface area contributed by atoms with Gasteiger partial charge in [-0.15, -0.1) is 0 Å². The van der Waals surface area contributed by atoms with Gasteiger partial charge in [-0.2, -0.15) is 5.10 Å². The third-order valence-corrected chi connectivity index (χ3v) is 3.30. The van der Waals surface area contributed by atoms with Crippen molar-refractivity contribution in [2.45, 2.75) is 12.8 Å². The first kappa shape index (κ1) is 14.9. The van der Waals surface area contributed by atoms with E-state index in [1.54, 1.807) is 0 Å². The number of carbonyl (C=O) groups excluding carboxylic acids is 1. The van der Waals surface area contributed by atoms with Crippen molar-refractivity contribution in [3.8, 4) is 5.75 Å². The van der Waals surface area contributed by atoms with Gasteiger partial charge >= 0.3 is 0 Å². The van der Waals surface area contributed by atoms with Gasteiger partial charge in [0.15, 0.2) is 6.54 Å². The van der Waals surface area contributed by atoms with E-state index >= 15 is 0 Å². The number of nitrogens with one attached hydrogen (secondary N) is 2. The molecule has 1 saturated heterocycles. The summed E-state index contributed by atoms with van der Waals surface area (Å²) in [6.07, 6.45) is 3.55. The molecule has 21 heavy (non-hydrogen) atoms. The fourth-order valence-electron chi connectivity index (χ4n) is 2.25. The summed E-state index contributed by atoms with van der Waals surface area (Å²) in [6.45, 7) is 2.36. The van der Waals surface area contributed by atoms with Crippen molar-refractivity contribution in [3.63, 3.8) is 0 Å². The number of nitrogens with zero attached hydrogens (tertiary/aromatic N) is 2. The first-order valence-corrected chi connectivity index (χ1v) is 6.67. The number of hydrazone groups is 1. The van der Waals surface area contributed by atoms with E-state index in [1.807, 2.05) is 0 Å². The average Bonchev–Trinajstić information content (AvgIpc) is 2.93. The van der Waals surface area contributed by atoms with Gasteiger partial charge in [-0.1, -0.05) is 12.1 Å². The van der Waals surface area contributed by atoms with Crippen molar-refractivity contribution in [1.82, 2.24) is 5.43 Å². The maximum atomic E-state index is 11.6. The van der Waals surface area contributed by atoms with E-state index in [9.17, 15) is 20.0 Å². The van der Waals surface area contributed by atoms with E-state index in [4.69, 9.17) is 0 Å². The highest BCUT2D eigenvalue weighted by Gasteiger charge is 2.18. The number of nitro benzene ring substituents is 1. The maximum Gasteiger partial charge on any atom is 0.295 e. The molecule has 1 aromatic carbocycles. The quantitative estimate of drug-likeness (QED) is 0.403. The molecule has 1 heterocycles. The van der Waals surface area contributed by atoms with Crippen LogP contribution in [0.25, 0.3) is 0 Å². The number of amides is 1. The molecule has 1 aromatic rings. The highest BCUT2D eigenvalue weighted by Crippen LogP contribution is 2.22. The summed E-state index contributed by atoms with van der Waals surface area (Å²) >= 11 is 0. The van der Waals surface area contributed by atoms with E-state index in [2.05, 4.69) is 10.5 Å². The first-order chi connectivity index (χ1) is 10.1. The van der Waals surface area contributed by atoms with E-state index in [0.717, 1.165) is 38.1 Å². The van der Waals surface area contributed by atoms with Crippen LogP contribution in [0.3, 0.4) is 0 Å². The number of quaternary nitrogens is 1. The largest absolute Gasteiger partial charge is 0.868 e. The fourth-order valence-corrected chi connectivity index (χ4v) is 2.25. The molecule has 1 aliphatic heterocycles. The molecule has 2 N–H and O–H groups in total. The molecule has 2 rings (SSSR count). The van der Waals surface area contributed by atoms with Gasteiger partial charge in [0.1, 0.15) is 0 Å². The van der Waals surface area contributed by atoms with E-state index in [0.29, 0.717) is 12.1 Å². The Bertz CT molecular complexity index is 567. The van der Waals surface area contributed by atoms with Crippen molar-refractivity contribution in [2.75, 3.05) is 19.6 Å². The van der Waals surface area contributed by atoms with Crippen molar-refractivity contribution >= 4 is 17.8 Å². The van der Waals surface area contributed by atoms with E-state index < -0.39 is 16.4 Å². The molecule has 0 bridgehead atoms. The molecule has 0 atom stereocenters. The predicted octanol–water partition coefficient (Wildman–Crippen LogP) is -1.20. The Kier molecular flexibility index (Phi) is 4.83. The standard InChI is InChI=1S/C13H16N4O4/c18-12-4-3-10(7-11(12)17(20)21)8-14-15-13(19)9-16-5-1-2-6-16/h3-4,7-8,18H,1-2,5-6,9H2,(H,15,19)/b14-8-. The van der Waals surface area contributed by atoms with Crippen LogP contribution in [-0.4, -0.2) is 36.7 Å². The molecule has 1 aliphatic rings. The summed E-state index contributed by atoms with van der Waals surface area (Å²) < 4.78 is 0. The van der Waals surface area contributed by atoms with Gasteiger partial charge in [-0.25, -0.2) is 5.43 Å². The smallest absolute Gasteiger partial charge is 0.295 e. The highest BCUT2D eigenvalue weighted by atomic mass is 16.6. The van der Waals surface area contributed by atoms with Crippen LogP contribution in [0.2, 0.25) is 0 Å². The van der Waals surface area contributed by atoms with Crippen molar-refractivity contribution in [1.29, 1.82) is 0 Å². The first-order valence-electron chi connectivity index (χ1n) is 6.67.